The fraction of sp³-hybridized carbons (Fsp3) is 0.455. The molecule has 0 aliphatic heterocycles. The van der Waals surface area contributed by atoms with Crippen LogP contribution in [0.2, 0.25) is 0 Å². The first kappa shape index (κ1) is 19.2. The van der Waals surface area contributed by atoms with Crippen LogP contribution in [0.3, 0.4) is 0 Å². The van der Waals surface area contributed by atoms with Gasteiger partial charge in [-0.05, 0) is 68.1 Å². The Labute approximate surface area is 153 Å². The Bertz CT molecular complexity index is 646. The van der Waals surface area contributed by atoms with E-state index in [0.717, 1.165) is 31.1 Å². The molecule has 0 saturated heterocycles. The van der Waals surface area contributed by atoms with Gasteiger partial charge in [0.25, 0.3) is 0 Å². The second-order valence-electron chi connectivity index (χ2n) is 6.69. The van der Waals surface area contributed by atoms with Crippen LogP contribution in [-0.4, -0.2) is 26.2 Å². The summed E-state index contributed by atoms with van der Waals surface area (Å²) in [5.41, 5.74) is 4.91. The number of aryl methyl sites for hydroxylation is 1. The molecule has 0 radical (unpaired) electrons. The molecule has 0 aliphatic carbocycles. The summed E-state index contributed by atoms with van der Waals surface area (Å²) in [6, 6.07) is 15.1. The molecule has 3 heteroatoms. The lowest BCUT2D eigenvalue weighted by molar-refractivity contribution is 0.328. The first-order chi connectivity index (χ1) is 12.0. The van der Waals surface area contributed by atoms with Crippen LogP contribution in [-0.2, 0) is 0 Å². The Kier molecular flexibility index (Phi) is 7.17. The zero-order chi connectivity index (χ0) is 18.2. The highest BCUT2D eigenvalue weighted by Gasteiger charge is 2.08. The van der Waals surface area contributed by atoms with Crippen molar-refractivity contribution in [3.8, 4) is 5.75 Å². The molecular formula is C22H32N2O. The Morgan fingerprint density at radius 3 is 2.28 bits per heavy atom. The molecular weight excluding hydrogens is 308 g/mol. The SMILES string of the molecule is CCN(CC)c1ccc(NCCOc2cc(C)ccc2C(C)C)cc1. The summed E-state index contributed by atoms with van der Waals surface area (Å²) in [5, 5.41) is 3.44. The minimum absolute atomic E-state index is 0.469. The maximum absolute atomic E-state index is 6.03. The molecule has 2 aromatic rings. The van der Waals surface area contributed by atoms with Gasteiger partial charge in [0.15, 0.2) is 0 Å². The van der Waals surface area contributed by atoms with E-state index in [9.17, 15) is 0 Å². The van der Waals surface area contributed by atoms with Crippen molar-refractivity contribution in [3.63, 3.8) is 0 Å². The first-order valence-corrected chi connectivity index (χ1v) is 9.37. The molecule has 0 unspecified atom stereocenters. The first-order valence-electron chi connectivity index (χ1n) is 9.37. The van der Waals surface area contributed by atoms with Crippen molar-refractivity contribution in [2.45, 2.75) is 40.5 Å². The van der Waals surface area contributed by atoms with Gasteiger partial charge in [-0.1, -0.05) is 26.0 Å². The number of benzene rings is 2. The van der Waals surface area contributed by atoms with Gasteiger partial charge in [0.1, 0.15) is 12.4 Å². The van der Waals surface area contributed by atoms with Crippen LogP contribution in [0.4, 0.5) is 11.4 Å². The maximum atomic E-state index is 6.03. The van der Waals surface area contributed by atoms with Gasteiger partial charge in [-0.2, -0.15) is 0 Å². The average Bonchev–Trinajstić information content (AvgIpc) is 2.61. The maximum Gasteiger partial charge on any atom is 0.123 e. The Hall–Kier alpha value is -2.16. The van der Waals surface area contributed by atoms with Crippen molar-refractivity contribution in [1.82, 2.24) is 0 Å². The second-order valence-corrected chi connectivity index (χ2v) is 6.69. The number of nitrogens with one attached hydrogen (secondary N) is 1. The zero-order valence-electron chi connectivity index (χ0n) is 16.3. The number of hydrogen-bond acceptors (Lipinski definition) is 3. The Morgan fingerprint density at radius 2 is 1.68 bits per heavy atom. The number of anilines is 2. The second kappa shape index (κ2) is 9.36. The van der Waals surface area contributed by atoms with E-state index in [2.05, 4.69) is 87.3 Å². The summed E-state index contributed by atoms with van der Waals surface area (Å²) in [6.07, 6.45) is 0. The molecule has 2 aromatic carbocycles. The third-order valence-electron chi connectivity index (χ3n) is 4.48. The third kappa shape index (κ3) is 5.42. The van der Waals surface area contributed by atoms with E-state index in [0.29, 0.717) is 12.5 Å². The van der Waals surface area contributed by atoms with Crippen LogP contribution < -0.4 is 15.0 Å². The van der Waals surface area contributed by atoms with E-state index in [-0.39, 0.29) is 0 Å². The van der Waals surface area contributed by atoms with Gasteiger partial charge in [0.05, 0.1) is 0 Å². The van der Waals surface area contributed by atoms with Crippen LogP contribution in [0.5, 0.6) is 5.75 Å². The predicted octanol–water partition coefficient (Wildman–Crippen LogP) is 5.46. The molecule has 0 heterocycles. The normalized spacial score (nSPS) is 10.8. The molecule has 0 bridgehead atoms. The van der Waals surface area contributed by atoms with Crippen LogP contribution in [0.25, 0.3) is 0 Å². The van der Waals surface area contributed by atoms with Gasteiger partial charge < -0.3 is 15.0 Å². The van der Waals surface area contributed by atoms with Crippen molar-refractivity contribution in [2.75, 3.05) is 36.5 Å². The van der Waals surface area contributed by atoms with Crippen LogP contribution >= 0.6 is 0 Å². The van der Waals surface area contributed by atoms with Crippen molar-refractivity contribution in [1.29, 1.82) is 0 Å². The molecule has 0 amide bonds. The molecule has 0 saturated carbocycles. The topological polar surface area (TPSA) is 24.5 Å². The van der Waals surface area contributed by atoms with E-state index in [1.807, 2.05) is 0 Å². The van der Waals surface area contributed by atoms with Gasteiger partial charge in [0.2, 0.25) is 0 Å². The lowest BCUT2D eigenvalue weighted by Crippen LogP contribution is -2.21. The summed E-state index contributed by atoms with van der Waals surface area (Å²) in [5.74, 6) is 1.48. The van der Waals surface area contributed by atoms with Crippen molar-refractivity contribution in [3.05, 3.63) is 53.6 Å². The monoisotopic (exact) mass is 340 g/mol. The smallest absolute Gasteiger partial charge is 0.123 e. The summed E-state index contributed by atoms with van der Waals surface area (Å²) in [7, 11) is 0. The number of rotatable bonds is 9. The lowest BCUT2D eigenvalue weighted by atomic mass is 10.0. The van der Waals surface area contributed by atoms with Crippen molar-refractivity contribution in [2.24, 2.45) is 0 Å². The van der Waals surface area contributed by atoms with E-state index in [1.54, 1.807) is 0 Å². The highest BCUT2D eigenvalue weighted by Crippen LogP contribution is 2.27. The number of ether oxygens (including phenoxy) is 1. The number of hydrogen-bond donors (Lipinski definition) is 1. The highest BCUT2D eigenvalue weighted by atomic mass is 16.5. The molecule has 0 atom stereocenters. The molecule has 0 aromatic heterocycles. The minimum Gasteiger partial charge on any atom is -0.491 e. The van der Waals surface area contributed by atoms with Gasteiger partial charge in [-0.15, -0.1) is 0 Å². The molecule has 3 nitrogen and oxygen atoms in total. The van der Waals surface area contributed by atoms with Crippen LogP contribution in [0.15, 0.2) is 42.5 Å². The Morgan fingerprint density at radius 1 is 1.00 bits per heavy atom. The summed E-state index contributed by atoms with van der Waals surface area (Å²) >= 11 is 0. The molecule has 136 valence electrons. The predicted molar refractivity (Wildman–Crippen MR) is 109 cm³/mol. The summed E-state index contributed by atoms with van der Waals surface area (Å²) in [6.45, 7) is 14.4. The number of nitrogens with zero attached hydrogens (tertiary/aromatic N) is 1. The highest BCUT2D eigenvalue weighted by molar-refractivity contribution is 5.55. The van der Waals surface area contributed by atoms with Gasteiger partial charge in [0, 0.05) is 31.0 Å². The van der Waals surface area contributed by atoms with Crippen LogP contribution in [0, 0.1) is 6.92 Å². The van der Waals surface area contributed by atoms with E-state index < -0.39 is 0 Å². The van der Waals surface area contributed by atoms with Crippen molar-refractivity contribution < 1.29 is 4.74 Å². The quantitative estimate of drug-likeness (QED) is 0.614. The largest absolute Gasteiger partial charge is 0.491 e. The van der Waals surface area contributed by atoms with E-state index in [4.69, 9.17) is 4.74 Å². The van der Waals surface area contributed by atoms with Gasteiger partial charge in [-0.3, -0.25) is 0 Å². The Balaban J connectivity index is 1.86. The van der Waals surface area contributed by atoms with Crippen LogP contribution in [0.1, 0.15) is 44.7 Å². The fourth-order valence-electron chi connectivity index (χ4n) is 2.98. The van der Waals surface area contributed by atoms with Gasteiger partial charge in [-0.25, -0.2) is 0 Å². The summed E-state index contributed by atoms with van der Waals surface area (Å²) < 4.78 is 6.03. The molecule has 25 heavy (non-hydrogen) atoms. The minimum atomic E-state index is 0.469. The standard InChI is InChI=1S/C22H32N2O/c1-6-24(7-2)20-11-9-19(10-12-20)23-14-15-25-22-16-18(5)8-13-21(22)17(3)4/h8-13,16-17,23H,6-7,14-15H2,1-5H3. The summed E-state index contributed by atoms with van der Waals surface area (Å²) in [4.78, 5) is 2.35. The average molecular weight is 341 g/mol. The molecule has 0 spiro atoms. The fourth-order valence-corrected chi connectivity index (χ4v) is 2.98. The molecule has 1 N–H and O–H groups in total. The van der Waals surface area contributed by atoms with E-state index >= 15 is 0 Å². The lowest BCUT2D eigenvalue weighted by Gasteiger charge is -2.21. The molecule has 0 fully saturated rings. The zero-order valence-corrected chi connectivity index (χ0v) is 16.3. The van der Waals surface area contributed by atoms with E-state index in [1.165, 1.54) is 16.8 Å². The third-order valence-corrected chi connectivity index (χ3v) is 4.48. The molecule has 2 rings (SSSR count). The molecule has 0 aliphatic rings. The van der Waals surface area contributed by atoms with Gasteiger partial charge >= 0.3 is 0 Å². The van der Waals surface area contributed by atoms with Crippen molar-refractivity contribution >= 4 is 11.4 Å².